The number of unbranched alkanes of at least 4 members (excludes halogenated alkanes) is 1. The number of halogens is 1. The van der Waals surface area contributed by atoms with E-state index in [0.717, 1.165) is 43.3 Å². The van der Waals surface area contributed by atoms with Crippen molar-refractivity contribution in [2.75, 3.05) is 6.61 Å². The number of hydrogen-bond donors (Lipinski definition) is 1. The summed E-state index contributed by atoms with van der Waals surface area (Å²) >= 11 is 6.09. The Hall–Kier alpha value is -2.02. The van der Waals surface area contributed by atoms with Crippen LogP contribution in [0.4, 0.5) is 0 Å². The third-order valence-corrected chi connectivity index (χ3v) is 5.20. The molecule has 0 aliphatic carbocycles. The fourth-order valence-electron chi connectivity index (χ4n) is 3.36. The second kappa shape index (κ2) is 10.5. The molecular weight excluding hydrogens is 376 g/mol. The minimum absolute atomic E-state index is 0.308. The second-order valence-electron chi connectivity index (χ2n) is 6.99. The van der Waals surface area contributed by atoms with Gasteiger partial charge in [0.25, 0.3) is 0 Å². The smallest absolute Gasteiger partial charge is 0.165 e. The van der Waals surface area contributed by atoms with Crippen LogP contribution in [0.2, 0.25) is 5.15 Å². The number of aliphatic hydroxyl groups is 1. The van der Waals surface area contributed by atoms with E-state index >= 15 is 0 Å². The van der Waals surface area contributed by atoms with Gasteiger partial charge in [-0.1, -0.05) is 61.7 Å². The Balaban J connectivity index is 1.40. The molecule has 0 spiro atoms. The summed E-state index contributed by atoms with van der Waals surface area (Å²) in [7, 11) is 0. The molecule has 1 unspecified atom stereocenters. The first kappa shape index (κ1) is 20.7. The first-order chi connectivity index (χ1) is 13.7. The Morgan fingerprint density at radius 1 is 1.11 bits per heavy atom. The van der Waals surface area contributed by atoms with Gasteiger partial charge in [-0.05, 0) is 24.8 Å². The van der Waals surface area contributed by atoms with E-state index in [1.807, 2.05) is 30.3 Å². The third-order valence-electron chi connectivity index (χ3n) is 4.93. The van der Waals surface area contributed by atoms with Crippen LogP contribution in [0.1, 0.15) is 50.6 Å². The second-order valence-corrected chi connectivity index (χ2v) is 7.35. The molecule has 1 aromatic carbocycles. The predicted molar refractivity (Wildman–Crippen MR) is 110 cm³/mol. The van der Waals surface area contributed by atoms with Crippen LogP contribution in [-0.4, -0.2) is 37.3 Å². The Kier molecular flexibility index (Phi) is 7.77. The molecule has 0 fully saturated rings. The fraction of sp³-hybridized carbons (Fsp3) is 0.476. The number of aromatic nitrogens is 4. The standard InChI is InChI=1S/C21H27ClN4O2/c1-2-17(26-15-25-19-20(22)23-14-24-21(19)26)10-6-7-11-18(27)13-28-12-16-8-4-3-5-9-16/h3-5,8-9,14-15,17-18,27H,2,6-7,10-13H2,1H3/t17-,18?/m1/s1. The molecule has 0 radical (unpaired) electrons. The molecule has 1 N–H and O–H groups in total. The van der Waals surface area contributed by atoms with Gasteiger partial charge in [-0.15, -0.1) is 0 Å². The minimum Gasteiger partial charge on any atom is -0.391 e. The summed E-state index contributed by atoms with van der Waals surface area (Å²) in [6.45, 7) is 3.06. The van der Waals surface area contributed by atoms with E-state index in [9.17, 15) is 5.11 Å². The van der Waals surface area contributed by atoms with Gasteiger partial charge in [0, 0.05) is 6.04 Å². The lowest BCUT2D eigenvalue weighted by atomic mass is 10.0. The van der Waals surface area contributed by atoms with Crippen molar-refractivity contribution in [3.63, 3.8) is 0 Å². The van der Waals surface area contributed by atoms with Crippen molar-refractivity contribution in [2.45, 2.75) is 57.8 Å². The average Bonchev–Trinajstić information content (AvgIpc) is 3.14. The molecule has 0 saturated carbocycles. The van der Waals surface area contributed by atoms with Crippen LogP contribution in [0.5, 0.6) is 0 Å². The lowest BCUT2D eigenvalue weighted by Crippen LogP contribution is -2.15. The number of hydrogen-bond acceptors (Lipinski definition) is 5. The molecule has 2 heterocycles. The summed E-state index contributed by atoms with van der Waals surface area (Å²) in [5.74, 6) is 0. The van der Waals surface area contributed by atoms with E-state index in [1.54, 1.807) is 6.33 Å². The highest BCUT2D eigenvalue weighted by molar-refractivity contribution is 6.33. The van der Waals surface area contributed by atoms with Crippen molar-refractivity contribution >= 4 is 22.8 Å². The van der Waals surface area contributed by atoms with Gasteiger partial charge in [-0.25, -0.2) is 15.0 Å². The van der Waals surface area contributed by atoms with Crippen LogP contribution in [-0.2, 0) is 11.3 Å². The minimum atomic E-state index is -0.426. The van der Waals surface area contributed by atoms with Crippen LogP contribution in [0.25, 0.3) is 11.2 Å². The monoisotopic (exact) mass is 402 g/mol. The van der Waals surface area contributed by atoms with Crippen molar-refractivity contribution in [2.24, 2.45) is 0 Å². The van der Waals surface area contributed by atoms with E-state index in [2.05, 4.69) is 26.4 Å². The predicted octanol–water partition coefficient (Wildman–Crippen LogP) is 4.57. The van der Waals surface area contributed by atoms with Crippen LogP contribution in [0, 0.1) is 0 Å². The van der Waals surface area contributed by atoms with Crippen molar-refractivity contribution < 1.29 is 9.84 Å². The molecular formula is C21H27ClN4O2. The molecule has 150 valence electrons. The zero-order valence-corrected chi connectivity index (χ0v) is 16.9. The molecule has 28 heavy (non-hydrogen) atoms. The average molecular weight is 403 g/mol. The van der Waals surface area contributed by atoms with Crippen molar-refractivity contribution in [1.82, 2.24) is 19.5 Å². The number of imidazole rings is 1. The topological polar surface area (TPSA) is 73.1 Å². The quantitative estimate of drug-likeness (QED) is 0.375. The summed E-state index contributed by atoms with van der Waals surface area (Å²) in [4.78, 5) is 12.7. The van der Waals surface area contributed by atoms with Gasteiger partial charge in [0.05, 0.1) is 25.6 Å². The first-order valence-electron chi connectivity index (χ1n) is 9.81. The SMILES string of the molecule is CC[C@H](CCCCC(O)COCc1ccccc1)n1cnc2c(Cl)ncnc21. The lowest BCUT2D eigenvalue weighted by Gasteiger charge is -2.17. The Morgan fingerprint density at radius 2 is 1.89 bits per heavy atom. The summed E-state index contributed by atoms with van der Waals surface area (Å²) in [6, 6.07) is 10.3. The van der Waals surface area contributed by atoms with E-state index in [-0.39, 0.29) is 0 Å². The molecule has 7 heteroatoms. The molecule has 0 amide bonds. The maximum atomic E-state index is 10.1. The molecule has 2 atom stereocenters. The number of rotatable bonds is 11. The summed E-state index contributed by atoms with van der Waals surface area (Å²) < 4.78 is 7.70. The Labute approximate surface area is 170 Å². The Bertz CT molecular complexity index is 856. The number of benzene rings is 1. The van der Waals surface area contributed by atoms with Gasteiger partial charge in [-0.3, -0.25) is 0 Å². The largest absolute Gasteiger partial charge is 0.391 e. The Morgan fingerprint density at radius 3 is 2.68 bits per heavy atom. The molecule has 3 aromatic rings. The van der Waals surface area contributed by atoms with Crippen LogP contribution in [0.15, 0.2) is 43.0 Å². The van der Waals surface area contributed by atoms with E-state index in [1.165, 1.54) is 6.33 Å². The van der Waals surface area contributed by atoms with Crippen LogP contribution in [0.3, 0.4) is 0 Å². The van der Waals surface area contributed by atoms with E-state index in [0.29, 0.717) is 29.9 Å². The van der Waals surface area contributed by atoms with Gasteiger partial charge >= 0.3 is 0 Å². The van der Waals surface area contributed by atoms with Gasteiger partial charge in [0.15, 0.2) is 10.8 Å². The molecule has 2 aromatic heterocycles. The van der Waals surface area contributed by atoms with Crippen LogP contribution < -0.4 is 0 Å². The third kappa shape index (κ3) is 5.50. The molecule has 0 bridgehead atoms. The van der Waals surface area contributed by atoms with Gasteiger partial charge in [0.2, 0.25) is 0 Å². The summed E-state index contributed by atoms with van der Waals surface area (Å²) in [5, 5.41) is 10.5. The normalized spacial score (nSPS) is 13.7. The lowest BCUT2D eigenvalue weighted by molar-refractivity contribution is 0.0232. The van der Waals surface area contributed by atoms with Gasteiger partial charge in [0.1, 0.15) is 11.8 Å². The fourth-order valence-corrected chi connectivity index (χ4v) is 3.54. The number of fused-ring (bicyclic) bond motifs is 1. The maximum Gasteiger partial charge on any atom is 0.165 e. The highest BCUT2D eigenvalue weighted by Gasteiger charge is 2.15. The molecule has 6 nitrogen and oxygen atoms in total. The number of ether oxygens (including phenoxy) is 1. The zero-order valence-electron chi connectivity index (χ0n) is 16.2. The van der Waals surface area contributed by atoms with Crippen molar-refractivity contribution in [3.05, 3.63) is 53.7 Å². The van der Waals surface area contributed by atoms with Crippen LogP contribution >= 0.6 is 11.6 Å². The van der Waals surface area contributed by atoms with Gasteiger partial charge in [-0.2, -0.15) is 0 Å². The van der Waals surface area contributed by atoms with Crippen molar-refractivity contribution in [3.8, 4) is 0 Å². The molecule has 0 aliphatic heterocycles. The number of aliphatic hydroxyl groups excluding tert-OH is 1. The summed E-state index contributed by atoms with van der Waals surface area (Å²) in [6.07, 6.45) is 7.54. The number of nitrogens with zero attached hydrogens (tertiary/aromatic N) is 4. The molecule has 0 saturated heterocycles. The highest BCUT2D eigenvalue weighted by atomic mass is 35.5. The first-order valence-corrected chi connectivity index (χ1v) is 10.2. The van der Waals surface area contributed by atoms with E-state index in [4.69, 9.17) is 16.3 Å². The highest BCUT2D eigenvalue weighted by Crippen LogP contribution is 2.25. The molecule has 3 rings (SSSR count). The zero-order chi connectivity index (χ0) is 19.8. The van der Waals surface area contributed by atoms with Crippen molar-refractivity contribution in [1.29, 1.82) is 0 Å². The van der Waals surface area contributed by atoms with Gasteiger partial charge < -0.3 is 14.4 Å². The maximum absolute atomic E-state index is 10.1. The molecule has 0 aliphatic rings. The van der Waals surface area contributed by atoms with E-state index < -0.39 is 6.10 Å². The summed E-state index contributed by atoms with van der Waals surface area (Å²) in [5.41, 5.74) is 2.55.